The number of para-hydroxylation sites is 1. The zero-order valence-corrected chi connectivity index (χ0v) is 13.9. The predicted octanol–water partition coefficient (Wildman–Crippen LogP) is 1.46. The monoisotopic (exact) mass is 337 g/mol. The third-order valence-electron chi connectivity index (χ3n) is 4.55. The molecule has 2 amide bonds. The number of carbonyl (C=O) groups is 2. The van der Waals surface area contributed by atoms with Gasteiger partial charge in [-0.25, -0.2) is 4.68 Å². The molecule has 3 aromatic rings. The summed E-state index contributed by atoms with van der Waals surface area (Å²) in [6.07, 6.45) is 4.02. The lowest BCUT2D eigenvalue weighted by Crippen LogP contribution is -2.49. The lowest BCUT2D eigenvalue weighted by molar-refractivity contribution is -0.126. The van der Waals surface area contributed by atoms with Crippen LogP contribution in [0.1, 0.15) is 12.5 Å². The standard InChI is InChI=1S/C18H19N5O2/c1-12(24)21-16(10-13-11-19-15-5-3-2-4-14(13)15)18(25)22-8-9-23-17(22)6-7-20-23/h2-7,11,16,19H,8-10H2,1H3,(H,21,24). The molecule has 0 saturated heterocycles. The van der Waals surface area contributed by atoms with Gasteiger partial charge < -0.3 is 10.3 Å². The first-order valence-corrected chi connectivity index (χ1v) is 8.29. The molecule has 0 saturated carbocycles. The van der Waals surface area contributed by atoms with Gasteiger partial charge in [0, 0.05) is 43.1 Å². The number of H-pyrrole nitrogens is 1. The van der Waals surface area contributed by atoms with Crippen molar-refractivity contribution in [1.29, 1.82) is 0 Å². The zero-order chi connectivity index (χ0) is 17.4. The number of amides is 2. The number of nitrogens with one attached hydrogen (secondary N) is 2. The molecule has 25 heavy (non-hydrogen) atoms. The van der Waals surface area contributed by atoms with Gasteiger partial charge in [-0.1, -0.05) is 18.2 Å². The lowest BCUT2D eigenvalue weighted by atomic mass is 10.0. The molecule has 1 aromatic carbocycles. The van der Waals surface area contributed by atoms with E-state index in [1.807, 2.05) is 36.5 Å². The van der Waals surface area contributed by atoms with Crippen molar-refractivity contribution in [3.63, 3.8) is 0 Å². The molecular weight excluding hydrogens is 318 g/mol. The highest BCUT2D eigenvalue weighted by atomic mass is 16.2. The van der Waals surface area contributed by atoms with Crippen LogP contribution in [0.15, 0.2) is 42.7 Å². The fourth-order valence-corrected chi connectivity index (χ4v) is 3.41. The Morgan fingerprint density at radius 2 is 2.12 bits per heavy atom. The van der Waals surface area contributed by atoms with Crippen molar-refractivity contribution < 1.29 is 9.59 Å². The first-order valence-electron chi connectivity index (χ1n) is 8.29. The Morgan fingerprint density at radius 3 is 2.96 bits per heavy atom. The second-order valence-electron chi connectivity index (χ2n) is 6.22. The molecule has 1 aliphatic rings. The molecule has 7 heteroatoms. The average Bonchev–Trinajstić information content (AvgIpc) is 3.28. The van der Waals surface area contributed by atoms with Gasteiger partial charge in [-0.05, 0) is 11.6 Å². The quantitative estimate of drug-likeness (QED) is 0.756. The molecular formula is C18H19N5O2. The Balaban J connectivity index is 1.62. The van der Waals surface area contributed by atoms with Gasteiger partial charge in [0.05, 0.1) is 12.7 Å². The highest BCUT2D eigenvalue weighted by molar-refractivity contribution is 5.99. The van der Waals surface area contributed by atoms with Gasteiger partial charge in [0.15, 0.2) is 0 Å². The third kappa shape index (κ3) is 2.77. The minimum Gasteiger partial charge on any atom is -0.361 e. The van der Waals surface area contributed by atoms with Gasteiger partial charge in [0.1, 0.15) is 11.9 Å². The van der Waals surface area contributed by atoms with Crippen LogP contribution in [0.3, 0.4) is 0 Å². The van der Waals surface area contributed by atoms with Crippen LogP contribution in [0.2, 0.25) is 0 Å². The van der Waals surface area contributed by atoms with E-state index in [0.717, 1.165) is 22.3 Å². The summed E-state index contributed by atoms with van der Waals surface area (Å²) in [6.45, 7) is 2.68. The van der Waals surface area contributed by atoms with Crippen molar-refractivity contribution in [2.45, 2.75) is 25.9 Å². The largest absolute Gasteiger partial charge is 0.361 e. The van der Waals surface area contributed by atoms with Gasteiger partial charge in [-0.2, -0.15) is 5.10 Å². The molecule has 0 bridgehead atoms. The number of benzene rings is 1. The summed E-state index contributed by atoms with van der Waals surface area (Å²) in [5, 5.41) is 8.07. The van der Waals surface area contributed by atoms with Crippen molar-refractivity contribution in [1.82, 2.24) is 20.1 Å². The number of fused-ring (bicyclic) bond motifs is 2. The van der Waals surface area contributed by atoms with Crippen molar-refractivity contribution in [3.05, 3.63) is 48.3 Å². The number of hydrogen-bond donors (Lipinski definition) is 2. The van der Waals surface area contributed by atoms with Crippen LogP contribution in [-0.2, 0) is 22.6 Å². The van der Waals surface area contributed by atoms with E-state index in [-0.39, 0.29) is 11.8 Å². The minimum atomic E-state index is -0.613. The Kier molecular flexibility index (Phi) is 3.76. The Morgan fingerprint density at radius 1 is 1.28 bits per heavy atom. The molecule has 0 fully saturated rings. The summed E-state index contributed by atoms with van der Waals surface area (Å²) in [5.74, 6) is 0.449. The van der Waals surface area contributed by atoms with E-state index in [1.165, 1.54) is 6.92 Å². The van der Waals surface area contributed by atoms with E-state index in [4.69, 9.17) is 0 Å². The maximum Gasteiger partial charge on any atom is 0.251 e. The second kappa shape index (κ2) is 6.08. The smallest absolute Gasteiger partial charge is 0.251 e. The topological polar surface area (TPSA) is 83.0 Å². The second-order valence-corrected chi connectivity index (χ2v) is 6.22. The van der Waals surface area contributed by atoms with Crippen LogP contribution in [-0.4, -0.2) is 39.2 Å². The summed E-state index contributed by atoms with van der Waals surface area (Å²) in [5.41, 5.74) is 2.03. The lowest BCUT2D eigenvalue weighted by Gasteiger charge is -2.23. The Labute approximate surface area is 144 Å². The zero-order valence-electron chi connectivity index (χ0n) is 13.9. The molecule has 2 aromatic heterocycles. The normalized spacial score (nSPS) is 14.5. The van der Waals surface area contributed by atoms with E-state index in [9.17, 15) is 9.59 Å². The fourth-order valence-electron chi connectivity index (χ4n) is 3.41. The molecule has 0 aliphatic carbocycles. The summed E-state index contributed by atoms with van der Waals surface area (Å²) in [4.78, 5) is 29.6. The van der Waals surface area contributed by atoms with Gasteiger partial charge in [-0.15, -0.1) is 0 Å². The van der Waals surface area contributed by atoms with E-state index in [2.05, 4.69) is 15.4 Å². The molecule has 7 nitrogen and oxygen atoms in total. The molecule has 3 heterocycles. The molecule has 1 aliphatic heterocycles. The Hall–Kier alpha value is -3.09. The summed E-state index contributed by atoms with van der Waals surface area (Å²) in [7, 11) is 0. The van der Waals surface area contributed by atoms with Gasteiger partial charge in [0.25, 0.3) is 5.91 Å². The van der Waals surface area contributed by atoms with Crippen LogP contribution in [0.4, 0.5) is 5.82 Å². The summed E-state index contributed by atoms with van der Waals surface area (Å²) in [6, 6.07) is 9.15. The van der Waals surface area contributed by atoms with E-state index in [1.54, 1.807) is 15.8 Å². The van der Waals surface area contributed by atoms with Gasteiger partial charge >= 0.3 is 0 Å². The van der Waals surface area contributed by atoms with Gasteiger partial charge in [0.2, 0.25) is 5.91 Å². The molecule has 1 unspecified atom stereocenters. The number of nitrogens with zero attached hydrogens (tertiary/aromatic N) is 3. The summed E-state index contributed by atoms with van der Waals surface area (Å²) >= 11 is 0. The highest BCUT2D eigenvalue weighted by Gasteiger charge is 2.31. The molecule has 0 radical (unpaired) electrons. The number of rotatable bonds is 4. The van der Waals surface area contributed by atoms with Crippen LogP contribution in [0, 0.1) is 0 Å². The van der Waals surface area contributed by atoms with Gasteiger partial charge in [-0.3, -0.25) is 14.5 Å². The van der Waals surface area contributed by atoms with Crippen LogP contribution < -0.4 is 10.2 Å². The predicted molar refractivity (Wildman–Crippen MR) is 94.2 cm³/mol. The van der Waals surface area contributed by atoms with Crippen LogP contribution >= 0.6 is 0 Å². The van der Waals surface area contributed by atoms with E-state index in [0.29, 0.717) is 19.5 Å². The molecule has 2 N–H and O–H groups in total. The number of aromatic amines is 1. The SMILES string of the molecule is CC(=O)NC(Cc1c[nH]c2ccccc12)C(=O)N1CCn2nccc21. The number of carbonyl (C=O) groups excluding carboxylic acids is 2. The van der Waals surface area contributed by atoms with Crippen LogP contribution in [0.5, 0.6) is 0 Å². The molecule has 4 rings (SSSR count). The van der Waals surface area contributed by atoms with Crippen LogP contribution in [0.25, 0.3) is 10.9 Å². The molecule has 1 atom stereocenters. The summed E-state index contributed by atoms with van der Waals surface area (Å²) < 4.78 is 1.80. The van der Waals surface area contributed by atoms with Crippen molar-refractivity contribution >= 4 is 28.5 Å². The number of hydrogen-bond acceptors (Lipinski definition) is 3. The number of anilines is 1. The third-order valence-corrected chi connectivity index (χ3v) is 4.55. The van der Waals surface area contributed by atoms with E-state index < -0.39 is 6.04 Å². The minimum absolute atomic E-state index is 0.111. The maximum absolute atomic E-state index is 13.1. The van der Waals surface area contributed by atoms with Crippen molar-refractivity contribution in [2.75, 3.05) is 11.4 Å². The van der Waals surface area contributed by atoms with Crippen molar-refractivity contribution in [2.24, 2.45) is 0 Å². The first-order chi connectivity index (χ1) is 12.1. The molecule has 128 valence electrons. The maximum atomic E-state index is 13.1. The number of aromatic nitrogens is 3. The van der Waals surface area contributed by atoms with E-state index >= 15 is 0 Å². The Bertz CT molecular complexity index is 942. The average molecular weight is 337 g/mol. The highest BCUT2D eigenvalue weighted by Crippen LogP contribution is 2.23. The van der Waals surface area contributed by atoms with Crippen molar-refractivity contribution in [3.8, 4) is 0 Å². The molecule has 0 spiro atoms. The fraction of sp³-hybridized carbons (Fsp3) is 0.278. The first kappa shape index (κ1) is 15.4.